The topological polar surface area (TPSA) is 50.1 Å². The highest BCUT2D eigenvalue weighted by Gasteiger charge is 2.33. The summed E-state index contributed by atoms with van der Waals surface area (Å²) in [5.74, 6) is 1.59. The Balaban J connectivity index is 1.84. The molecular weight excluding hydrogens is 286 g/mol. The van der Waals surface area contributed by atoms with Gasteiger partial charge in [-0.25, -0.2) is 0 Å². The van der Waals surface area contributed by atoms with Gasteiger partial charge in [0.25, 0.3) is 0 Å². The lowest BCUT2D eigenvalue weighted by Gasteiger charge is -2.32. The molecule has 0 aliphatic heterocycles. The van der Waals surface area contributed by atoms with E-state index in [1.54, 1.807) is 24.3 Å². The van der Waals surface area contributed by atoms with E-state index in [0.29, 0.717) is 17.2 Å². The molecule has 1 fully saturated rings. The van der Waals surface area contributed by atoms with Crippen LogP contribution in [0.25, 0.3) is 0 Å². The normalized spacial score (nSPS) is 24.0. The highest BCUT2D eigenvalue weighted by atomic mass is 16.5. The van der Waals surface area contributed by atoms with E-state index in [-0.39, 0.29) is 11.9 Å². The van der Waals surface area contributed by atoms with Gasteiger partial charge in [0.15, 0.2) is 0 Å². The molecule has 0 unspecified atom stereocenters. The third-order valence-electron chi connectivity index (χ3n) is 5.00. The molecule has 1 aromatic rings. The fraction of sp³-hybridized carbons (Fsp3) is 0.600. The van der Waals surface area contributed by atoms with Crippen molar-refractivity contribution in [3.63, 3.8) is 0 Å². The average molecular weight is 313 g/mol. The SMILES string of the molecule is CCCCC[C@H]1CC[C@@H](C(=O)Oc2ccc(C#N)cc2)[C@H](C)C1. The molecule has 0 spiro atoms. The zero-order valence-corrected chi connectivity index (χ0v) is 14.3. The van der Waals surface area contributed by atoms with Crippen molar-refractivity contribution in [3.8, 4) is 11.8 Å². The van der Waals surface area contributed by atoms with Crippen LogP contribution in [0.5, 0.6) is 5.75 Å². The fourth-order valence-electron chi connectivity index (χ4n) is 3.59. The van der Waals surface area contributed by atoms with E-state index in [1.807, 2.05) is 0 Å². The minimum Gasteiger partial charge on any atom is -0.426 e. The third kappa shape index (κ3) is 5.10. The van der Waals surface area contributed by atoms with E-state index in [1.165, 1.54) is 25.7 Å². The molecule has 124 valence electrons. The van der Waals surface area contributed by atoms with Crippen LogP contribution in [-0.2, 0) is 4.79 Å². The zero-order chi connectivity index (χ0) is 16.7. The molecule has 0 radical (unpaired) electrons. The summed E-state index contributed by atoms with van der Waals surface area (Å²) >= 11 is 0. The average Bonchev–Trinajstić information content (AvgIpc) is 2.56. The van der Waals surface area contributed by atoms with Crippen LogP contribution in [0.4, 0.5) is 0 Å². The molecule has 0 bridgehead atoms. The standard InChI is InChI=1S/C20H27NO2/c1-3-4-5-6-16-9-12-19(15(2)13-16)20(22)23-18-10-7-17(14-21)8-11-18/h7-8,10-11,15-16,19H,3-6,9,12-13H2,1-2H3/t15-,16+,19-/m1/s1. The van der Waals surface area contributed by atoms with Crippen molar-refractivity contribution in [2.24, 2.45) is 17.8 Å². The van der Waals surface area contributed by atoms with Crippen LogP contribution >= 0.6 is 0 Å². The Bertz CT molecular complexity index is 544. The summed E-state index contributed by atoms with van der Waals surface area (Å²) in [6.45, 7) is 4.41. The minimum atomic E-state index is -0.116. The minimum absolute atomic E-state index is 0.00747. The van der Waals surface area contributed by atoms with Crippen LogP contribution in [0.3, 0.4) is 0 Å². The van der Waals surface area contributed by atoms with Gasteiger partial charge >= 0.3 is 5.97 Å². The number of esters is 1. The molecule has 0 N–H and O–H groups in total. The van der Waals surface area contributed by atoms with Crippen molar-refractivity contribution in [2.45, 2.75) is 58.8 Å². The van der Waals surface area contributed by atoms with Gasteiger partial charge in [-0.1, -0.05) is 39.5 Å². The molecule has 0 heterocycles. The van der Waals surface area contributed by atoms with E-state index in [0.717, 1.165) is 25.2 Å². The van der Waals surface area contributed by atoms with Crippen molar-refractivity contribution in [3.05, 3.63) is 29.8 Å². The van der Waals surface area contributed by atoms with Crippen molar-refractivity contribution < 1.29 is 9.53 Å². The summed E-state index contributed by atoms with van der Waals surface area (Å²) in [6.07, 6.45) is 8.41. The molecule has 0 saturated heterocycles. The molecule has 3 heteroatoms. The maximum absolute atomic E-state index is 12.4. The Hall–Kier alpha value is -1.82. The smallest absolute Gasteiger partial charge is 0.314 e. The van der Waals surface area contributed by atoms with Gasteiger partial charge < -0.3 is 4.74 Å². The molecule has 1 aromatic carbocycles. The van der Waals surface area contributed by atoms with Gasteiger partial charge in [0, 0.05) is 0 Å². The van der Waals surface area contributed by atoms with Crippen LogP contribution in [0, 0.1) is 29.1 Å². The van der Waals surface area contributed by atoms with Gasteiger partial charge in [-0.05, 0) is 55.4 Å². The summed E-state index contributed by atoms with van der Waals surface area (Å²) in [6, 6.07) is 8.80. The largest absolute Gasteiger partial charge is 0.426 e. The van der Waals surface area contributed by atoms with Crippen LogP contribution in [0.2, 0.25) is 0 Å². The molecule has 1 saturated carbocycles. The second-order valence-electron chi connectivity index (χ2n) is 6.82. The highest BCUT2D eigenvalue weighted by molar-refractivity contribution is 5.75. The number of carbonyl (C=O) groups is 1. The van der Waals surface area contributed by atoms with Crippen LogP contribution in [0.1, 0.15) is 64.4 Å². The number of benzene rings is 1. The number of ether oxygens (including phenoxy) is 1. The van der Waals surface area contributed by atoms with E-state index in [2.05, 4.69) is 19.9 Å². The van der Waals surface area contributed by atoms with Gasteiger partial charge in [-0.3, -0.25) is 4.79 Å². The maximum atomic E-state index is 12.4. The summed E-state index contributed by atoms with van der Waals surface area (Å²) in [4.78, 5) is 12.4. The van der Waals surface area contributed by atoms with Crippen molar-refractivity contribution in [2.75, 3.05) is 0 Å². The van der Waals surface area contributed by atoms with Crippen LogP contribution < -0.4 is 4.74 Å². The molecule has 1 aliphatic rings. The number of nitriles is 1. The number of rotatable bonds is 6. The number of carbonyl (C=O) groups excluding carboxylic acids is 1. The Morgan fingerprint density at radius 3 is 2.61 bits per heavy atom. The van der Waals surface area contributed by atoms with Gasteiger partial charge in [0.05, 0.1) is 17.6 Å². The van der Waals surface area contributed by atoms with Gasteiger partial charge in [0.2, 0.25) is 0 Å². The molecule has 3 atom stereocenters. The van der Waals surface area contributed by atoms with Gasteiger partial charge in [-0.15, -0.1) is 0 Å². The summed E-state index contributed by atoms with van der Waals surface area (Å²) in [7, 11) is 0. The molecule has 0 aromatic heterocycles. The number of nitrogens with zero attached hydrogens (tertiary/aromatic N) is 1. The second-order valence-corrected chi connectivity index (χ2v) is 6.82. The molecule has 1 aliphatic carbocycles. The molecular formula is C20H27NO2. The first kappa shape index (κ1) is 17.5. The van der Waals surface area contributed by atoms with Crippen LogP contribution in [0.15, 0.2) is 24.3 Å². The second kappa shape index (κ2) is 8.72. The first-order valence-electron chi connectivity index (χ1n) is 8.86. The molecule has 2 rings (SSSR count). The molecule has 3 nitrogen and oxygen atoms in total. The van der Waals surface area contributed by atoms with E-state index >= 15 is 0 Å². The number of hydrogen-bond donors (Lipinski definition) is 0. The Kier molecular flexibility index (Phi) is 6.65. The van der Waals surface area contributed by atoms with Crippen molar-refractivity contribution in [1.29, 1.82) is 5.26 Å². The van der Waals surface area contributed by atoms with E-state index in [9.17, 15) is 4.79 Å². The van der Waals surface area contributed by atoms with Crippen LogP contribution in [-0.4, -0.2) is 5.97 Å². The van der Waals surface area contributed by atoms with E-state index in [4.69, 9.17) is 10.00 Å². The van der Waals surface area contributed by atoms with Crippen molar-refractivity contribution >= 4 is 5.97 Å². The summed E-state index contributed by atoms with van der Waals surface area (Å²) < 4.78 is 5.51. The van der Waals surface area contributed by atoms with Gasteiger partial charge in [0.1, 0.15) is 5.75 Å². The predicted molar refractivity (Wildman–Crippen MR) is 90.9 cm³/mol. The summed E-state index contributed by atoms with van der Waals surface area (Å²) in [5, 5.41) is 8.79. The maximum Gasteiger partial charge on any atom is 0.314 e. The first-order valence-corrected chi connectivity index (χ1v) is 8.86. The Labute approximate surface area is 139 Å². The van der Waals surface area contributed by atoms with E-state index < -0.39 is 0 Å². The van der Waals surface area contributed by atoms with Gasteiger partial charge in [-0.2, -0.15) is 5.26 Å². The highest BCUT2D eigenvalue weighted by Crippen LogP contribution is 2.37. The Morgan fingerprint density at radius 1 is 1.26 bits per heavy atom. The monoisotopic (exact) mass is 313 g/mol. The molecule has 0 amide bonds. The fourth-order valence-corrected chi connectivity index (χ4v) is 3.59. The molecule has 23 heavy (non-hydrogen) atoms. The first-order chi connectivity index (χ1) is 11.1. The predicted octanol–water partition coefficient (Wildman–Crippen LogP) is 5.10. The lowest BCUT2D eigenvalue weighted by atomic mass is 9.73. The number of unbranched alkanes of at least 4 members (excludes halogenated alkanes) is 2. The number of hydrogen-bond acceptors (Lipinski definition) is 3. The lowest BCUT2D eigenvalue weighted by Crippen LogP contribution is -2.32. The Morgan fingerprint density at radius 2 is 2.00 bits per heavy atom. The zero-order valence-electron chi connectivity index (χ0n) is 14.3. The lowest BCUT2D eigenvalue weighted by molar-refractivity contribution is -0.142. The quantitative estimate of drug-likeness (QED) is 0.417. The summed E-state index contributed by atoms with van der Waals surface area (Å²) in [5.41, 5.74) is 0.575. The van der Waals surface area contributed by atoms with Crippen molar-refractivity contribution in [1.82, 2.24) is 0 Å². The third-order valence-corrected chi connectivity index (χ3v) is 5.00.